The Bertz CT molecular complexity index is 664. The zero-order valence-corrected chi connectivity index (χ0v) is 16.9. The van der Waals surface area contributed by atoms with Crippen LogP contribution in [0.2, 0.25) is 0 Å². The smallest absolute Gasteiger partial charge is 0.339 e. The average Bonchev–Trinajstić information content (AvgIpc) is 2.70. The van der Waals surface area contributed by atoms with Crippen molar-refractivity contribution in [3.8, 4) is 24.7 Å². The van der Waals surface area contributed by atoms with Crippen LogP contribution in [0, 0.1) is 24.7 Å². The monoisotopic (exact) mass is 367 g/mol. The summed E-state index contributed by atoms with van der Waals surface area (Å²) in [7, 11) is 1.33. The molecule has 0 saturated heterocycles. The van der Waals surface area contributed by atoms with E-state index in [-0.39, 0.29) is 0 Å². The first-order valence-corrected chi connectivity index (χ1v) is 10.1. The molecule has 0 amide bonds. The van der Waals surface area contributed by atoms with Crippen LogP contribution in [-0.2, 0) is 4.74 Å². The molecule has 3 heteroatoms. The highest BCUT2D eigenvalue weighted by Crippen LogP contribution is 2.22. The van der Waals surface area contributed by atoms with Gasteiger partial charge in [0.05, 0.1) is 18.4 Å². The van der Waals surface area contributed by atoms with Crippen LogP contribution in [0.4, 0.5) is 5.69 Å². The summed E-state index contributed by atoms with van der Waals surface area (Å²) in [5.41, 5.74) is 2.25. The highest BCUT2D eigenvalue weighted by atomic mass is 16.5. The Kier molecular flexibility index (Phi) is 11.5. The SMILES string of the molecule is C#Cc1cc(C(=O)OC)c(C#C)cc1NCCCCCCCCCCCC. The molecule has 1 aromatic rings. The van der Waals surface area contributed by atoms with E-state index >= 15 is 0 Å². The van der Waals surface area contributed by atoms with Crippen LogP contribution in [0.1, 0.15) is 92.6 Å². The van der Waals surface area contributed by atoms with Crippen molar-refractivity contribution in [3.05, 3.63) is 28.8 Å². The van der Waals surface area contributed by atoms with E-state index in [4.69, 9.17) is 17.6 Å². The number of methoxy groups -OCH3 is 1. The number of terminal acetylenes is 2. The van der Waals surface area contributed by atoms with E-state index in [1.54, 1.807) is 12.1 Å². The number of benzene rings is 1. The van der Waals surface area contributed by atoms with Crippen molar-refractivity contribution in [1.82, 2.24) is 0 Å². The van der Waals surface area contributed by atoms with Crippen molar-refractivity contribution in [2.75, 3.05) is 19.0 Å². The van der Waals surface area contributed by atoms with Gasteiger partial charge in [-0.3, -0.25) is 0 Å². The van der Waals surface area contributed by atoms with Crippen LogP contribution in [-0.4, -0.2) is 19.6 Å². The van der Waals surface area contributed by atoms with Gasteiger partial charge in [-0.25, -0.2) is 4.79 Å². The van der Waals surface area contributed by atoms with Crippen molar-refractivity contribution < 1.29 is 9.53 Å². The molecule has 0 atom stereocenters. The van der Waals surface area contributed by atoms with Crippen molar-refractivity contribution in [2.45, 2.75) is 71.1 Å². The zero-order chi connectivity index (χ0) is 19.9. The molecule has 0 aliphatic rings. The zero-order valence-electron chi connectivity index (χ0n) is 16.9. The number of hydrogen-bond acceptors (Lipinski definition) is 3. The maximum atomic E-state index is 11.8. The standard InChI is InChI=1S/C24H33NO2/c1-5-8-9-10-11-12-13-14-15-16-17-25-23-19-20(6-2)22(24(26)27-4)18-21(23)7-3/h2-3,18-19,25H,5,8-17H2,1,4H3. The summed E-state index contributed by atoms with van der Waals surface area (Å²) in [5, 5.41) is 3.36. The van der Waals surface area contributed by atoms with Crippen LogP contribution < -0.4 is 5.32 Å². The van der Waals surface area contributed by atoms with Gasteiger partial charge in [-0.1, -0.05) is 76.6 Å². The van der Waals surface area contributed by atoms with Gasteiger partial charge in [0.15, 0.2) is 0 Å². The van der Waals surface area contributed by atoms with E-state index in [0.29, 0.717) is 16.7 Å². The Morgan fingerprint density at radius 3 is 2.00 bits per heavy atom. The van der Waals surface area contributed by atoms with Crippen LogP contribution in [0.5, 0.6) is 0 Å². The topological polar surface area (TPSA) is 38.3 Å². The molecule has 0 unspecified atom stereocenters. The second kappa shape index (κ2) is 13.8. The average molecular weight is 368 g/mol. The first kappa shape index (κ1) is 22.7. The third-order valence-electron chi connectivity index (χ3n) is 4.72. The first-order chi connectivity index (χ1) is 13.2. The molecule has 0 spiro atoms. The Morgan fingerprint density at radius 2 is 1.48 bits per heavy atom. The quantitative estimate of drug-likeness (QED) is 0.273. The summed E-state index contributed by atoms with van der Waals surface area (Å²) in [6, 6.07) is 3.39. The third-order valence-corrected chi connectivity index (χ3v) is 4.72. The predicted octanol–water partition coefficient (Wildman–Crippen LogP) is 5.77. The highest BCUT2D eigenvalue weighted by molar-refractivity contribution is 5.94. The fourth-order valence-electron chi connectivity index (χ4n) is 3.10. The number of carbonyl (C=O) groups is 1. The summed E-state index contributed by atoms with van der Waals surface area (Å²) >= 11 is 0. The number of carbonyl (C=O) groups excluding carboxylic acids is 1. The second-order valence-corrected chi connectivity index (χ2v) is 6.83. The van der Waals surface area contributed by atoms with Gasteiger partial charge in [-0.05, 0) is 18.6 Å². The highest BCUT2D eigenvalue weighted by Gasteiger charge is 2.14. The summed E-state index contributed by atoms with van der Waals surface area (Å²) in [6.45, 7) is 3.09. The fraction of sp³-hybridized carbons (Fsp3) is 0.542. The molecular weight excluding hydrogens is 334 g/mol. The molecule has 0 aromatic heterocycles. The van der Waals surface area contributed by atoms with E-state index in [9.17, 15) is 4.79 Å². The lowest BCUT2D eigenvalue weighted by molar-refractivity contribution is 0.0600. The molecule has 0 saturated carbocycles. The Balaban J connectivity index is 2.37. The minimum atomic E-state index is -0.472. The number of anilines is 1. The minimum Gasteiger partial charge on any atom is -0.465 e. The van der Waals surface area contributed by atoms with E-state index in [1.807, 2.05) is 0 Å². The van der Waals surface area contributed by atoms with Crippen molar-refractivity contribution in [2.24, 2.45) is 0 Å². The molecule has 0 radical (unpaired) electrons. The van der Waals surface area contributed by atoms with Crippen LogP contribution >= 0.6 is 0 Å². The van der Waals surface area contributed by atoms with Crippen LogP contribution in [0.3, 0.4) is 0 Å². The van der Waals surface area contributed by atoms with Gasteiger partial charge in [0.25, 0.3) is 0 Å². The number of esters is 1. The summed E-state index contributed by atoms with van der Waals surface area (Å²) in [4.78, 5) is 11.8. The normalized spacial score (nSPS) is 10.1. The van der Waals surface area contributed by atoms with E-state index in [2.05, 4.69) is 24.1 Å². The van der Waals surface area contributed by atoms with Crippen molar-refractivity contribution >= 4 is 11.7 Å². The molecule has 0 fully saturated rings. The number of hydrogen-bond donors (Lipinski definition) is 1. The van der Waals surface area contributed by atoms with Gasteiger partial charge in [-0.15, -0.1) is 12.8 Å². The summed E-state index contributed by atoms with van der Waals surface area (Å²) < 4.78 is 4.77. The van der Waals surface area contributed by atoms with Gasteiger partial charge >= 0.3 is 5.97 Å². The van der Waals surface area contributed by atoms with Crippen LogP contribution in [0.25, 0.3) is 0 Å². The number of ether oxygens (including phenoxy) is 1. The number of unbranched alkanes of at least 4 members (excludes halogenated alkanes) is 9. The molecule has 0 aliphatic heterocycles. The Hall–Kier alpha value is -2.39. The van der Waals surface area contributed by atoms with E-state index in [0.717, 1.165) is 18.7 Å². The number of nitrogens with one attached hydrogen (secondary N) is 1. The molecular formula is C24H33NO2. The summed E-state index contributed by atoms with van der Waals surface area (Å²) in [6.07, 6.45) is 24.1. The Morgan fingerprint density at radius 1 is 0.926 bits per heavy atom. The lowest BCUT2D eigenvalue weighted by Crippen LogP contribution is -2.08. The maximum absolute atomic E-state index is 11.8. The second-order valence-electron chi connectivity index (χ2n) is 6.83. The number of rotatable bonds is 13. The first-order valence-electron chi connectivity index (χ1n) is 10.1. The molecule has 0 aliphatic carbocycles. The molecule has 3 nitrogen and oxygen atoms in total. The minimum absolute atomic E-state index is 0.331. The predicted molar refractivity (Wildman–Crippen MR) is 114 cm³/mol. The van der Waals surface area contributed by atoms with Crippen LogP contribution in [0.15, 0.2) is 12.1 Å². The van der Waals surface area contributed by atoms with Gasteiger partial charge in [0, 0.05) is 17.7 Å². The molecule has 0 heterocycles. The molecule has 1 rings (SSSR count). The van der Waals surface area contributed by atoms with Gasteiger partial charge in [0.2, 0.25) is 0 Å². The van der Waals surface area contributed by atoms with Crippen molar-refractivity contribution in [1.29, 1.82) is 0 Å². The third kappa shape index (κ3) is 8.23. The summed E-state index contributed by atoms with van der Waals surface area (Å²) in [5.74, 6) is 4.68. The Labute approximate surface area is 165 Å². The molecule has 1 aromatic carbocycles. The van der Waals surface area contributed by atoms with E-state index in [1.165, 1.54) is 64.9 Å². The fourth-order valence-corrected chi connectivity index (χ4v) is 3.10. The van der Waals surface area contributed by atoms with E-state index < -0.39 is 5.97 Å². The van der Waals surface area contributed by atoms with Gasteiger partial charge in [0.1, 0.15) is 0 Å². The maximum Gasteiger partial charge on any atom is 0.339 e. The molecule has 1 N–H and O–H groups in total. The van der Waals surface area contributed by atoms with Crippen molar-refractivity contribution in [3.63, 3.8) is 0 Å². The molecule has 146 valence electrons. The molecule has 27 heavy (non-hydrogen) atoms. The van der Waals surface area contributed by atoms with Gasteiger partial charge < -0.3 is 10.1 Å². The lowest BCUT2D eigenvalue weighted by Gasteiger charge is -2.12. The van der Waals surface area contributed by atoms with Gasteiger partial charge in [-0.2, -0.15) is 0 Å². The lowest BCUT2D eigenvalue weighted by atomic mass is 10.0. The largest absolute Gasteiger partial charge is 0.465 e. The molecule has 0 bridgehead atoms.